The average molecular weight is 334 g/mol. The van der Waals surface area contributed by atoms with Crippen molar-refractivity contribution in [1.29, 1.82) is 5.26 Å². The van der Waals surface area contributed by atoms with Crippen molar-refractivity contribution in [2.45, 2.75) is 19.4 Å². The summed E-state index contributed by atoms with van der Waals surface area (Å²) in [6.45, 7) is 1.95. The predicted molar refractivity (Wildman–Crippen MR) is 94.9 cm³/mol. The minimum Gasteiger partial charge on any atom is -0.617 e. The van der Waals surface area contributed by atoms with E-state index in [1.165, 1.54) is 0 Å². The number of ether oxygens (including phenoxy) is 2. The molecule has 1 aliphatic rings. The van der Waals surface area contributed by atoms with Crippen molar-refractivity contribution < 1.29 is 14.2 Å². The quantitative estimate of drug-likeness (QED) is 0.631. The zero-order chi connectivity index (χ0) is 17.8. The molecule has 0 saturated heterocycles. The van der Waals surface area contributed by atoms with Gasteiger partial charge in [-0.25, -0.2) is 0 Å². The molecule has 0 amide bonds. The van der Waals surface area contributed by atoms with Crippen LogP contribution in [0.3, 0.4) is 0 Å². The van der Waals surface area contributed by atoms with Crippen LogP contribution in [0.25, 0.3) is 5.76 Å². The van der Waals surface area contributed by atoms with Crippen LogP contribution in [-0.2, 0) is 4.74 Å². The van der Waals surface area contributed by atoms with E-state index in [9.17, 15) is 10.5 Å². The fourth-order valence-corrected chi connectivity index (χ4v) is 2.83. The van der Waals surface area contributed by atoms with E-state index >= 15 is 0 Å². The lowest BCUT2D eigenvalue weighted by atomic mass is 10.0. The second kappa shape index (κ2) is 7.10. The molecule has 0 bridgehead atoms. The van der Waals surface area contributed by atoms with Crippen molar-refractivity contribution in [3.63, 3.8) is 0 Å². The number of hydrogen-bond donors (Lipinski definition) is 0. The fourth-order valence-electron chi connectivity index (χ4n) is 2.83. The van der Waals surface area contributed by atoms with Crippen molar-refractivity contribution in [1.82, 2.24) is 0 Å². The molecule has 0 spiro atoms. The molecule has 1 atom stereocenters. The summed E-state index contributed by atoms with van der Waals surface area (Å²) in [6, 6.07) is 18.4. The Morgan fingerprint density at radius 3 is 2.36 bits per heavy atom. The van der Waals surface area contributed by atoms with Gasteiger partial charge in [0.2, 0.25) is 11.5 Å². The third kappa shape index (κ3) is 3.07. The van der Waals surface area contributed by atoms with Crippen LogP contribution in [0, 0.1) is 16.5 Å². The minimum atomic E-state index is -0.422. The maximum Gasteiger partial charge on any atom is 0.338 e. The Hall–Kier alpha value is -3.26. The summed E-state index contributed by atoms with van der Waals surface area (Å²) in [5.41, 5.74) is 1.83. The van der Waals surface area contributed by atoms with Gasteiger partial charge in [-0.3, -0.25) is 0 Å². The van der Waals surface area contributed by atoms with Crippen molar-refractivity contribution in [2.24, 2.45) is 0 Å². The van der Waals surface area contributed by atoms with Gasteiger partial charge in [0.15, 0.2) is 12.2 Å². The van der Waals surface area contributed by atoms with Crippen LogP contribution in [0.5, 0.6) is 5.75 Å². The molecule has 1 unspecified atom stereocenters. The number of methoxy groups -OCH3 is 1. The highest BCUT2D eigenvalue weighted by Crippen LogP contribution is 2.30. The topological polar surface area (TPSA) is 68.3 Å². The van der Waals surface area contributed by atoms with Gasteiger partial charge in [0.25, 0.3) is 0 Å². The molecule has 2 aromatic rings. The van der Waals surface area contributed by atoms with E-state index in [2.05, 4.69) is 0 Å². The van der Waals surface area contributed by atoms with E-state index in [0.717, 1.165) is 5.56 Å². The second-order valence-corrected chi connectivity index (χ2v) is 5.58. The zero-order valence-corrected chi connectivity index (χ0v) is 14.1. The van der Waals surface area contributed by atoms with E-state index in [4.69, 9.17) is 9.47 Å². The van der Waals surface area contributed by atoms with Crippen LogP contribution in [0.4, 0.5) is 0 Å². The average Bonchev–Trinajstić information content (AvgIpc) is 2.68. The van der Waals surface area contributed by atoms with Crippen molar-refractivity contribution in [3.05, 3.63) is 76.6 Å². The highest BCUT2D eigenvalue weighted by atomic mass is 16.5. The third-order valence-electron chi connectivity index (χ3n) is 4.10. The molecule has 0 radical (unpaired) electrons. The highest BCUT2D eigenvalue weighted by Gasteiger charge is 2.36. The summed E-state index contributed by atoms with van der Waals surface area (Å²) in [6.07, 6.45) is 0.190. The standard InChI is InChI=1S/C20H18N2O3/c1-3-18-19(14-7-5-4-6-8-14)22(23)17(13-21)20(25-18)15-9-11-16(24-2)12-10-15/h4-12,18H,3H2,1-2H3. The molecule has 3 rings (SSSR count). The van der Waals surface area contributed by atoms with Gasteiger partial charge < -0.3 is 14.7 Å². The van der Waals surface area contributed by atoms with Crippen molar-refractivity contribution >= 4 is 11.5 Å². The molecule has 1 aliphatic heterocycles. The number of nitrogens with zero attached hydrogens (tertiary/aromatic N) is 2. The molecular formula is C20H18N2O3. The Labute approximate surface area is 146 Å². The van der Waals surface area contributed by atoms with Gasteiger partial charge in [-0.2, -0.15) is 10.0 Å². The van der Waals surface area contributed by atoms with E-state index in [0.29, 0.717) is 33.9 Å². The number of rotatable bonds is 4. The molecule has 0 N–H and O–H groups in total. The number of hydroxylamine groups is 1. The first-order valence-corrected chi connectivity index (χ1v) is 8.04. The maximum atomic E-state index is 12.9. The molecule has 5 heteroatoms. The monoisotopic (exact) mass is 334 g/mol. The SMILES string of the molecule is CCC1OC(c2ccc(OC)cc2)=C(C#N)[N+]([O-])=C1c1ccccc1. The van der Waals surface area contributed by atoms with E-state index in [-0.39, 0.29) is 5.70 Å². The van der Waals surface area contributed by atoms with Crippen LogP contribution in [0.2, 0.25) is 0 Å². The Kier molecular flexibility index (Phi) is 4.71. The molecule has 0 saturated carbocycles. The van der Waals surface area contributed by atoms with Crippen molar-refractivity contribution in [3.8, 4) is 11.8 Å². The highest BCUT2D eigenvalue weighted by molar-refractivity contribution is 6.02. The molecule has 1 heterocycles. The first-order chi connectivity index (χ1) is 12.2. The van der Waals surface area contributed by atoms with Crippen LogP contribution >= 0.6 is 0 Å². The lowest BCUT2D eigenvalue weighted by molar-refractivity contribution is -0.402. The first kappa shape index (κ1) is 16.6. The molecule has 0 fully saturated rings. The Bertz CT molecular complexity index is 862. The molecule has 5 nitrogen and oxygen atoms in total. The maximum absolute atomic E-state index is 12.9. The van der Waals surface area contributed by atoms with Gasteiger partial charge in [-0.05, 0) is 42.8 Å². The molecule has 0 aliphatic carbocycles. The second-order valence-electron chi connectivity index (χ2n) is 5.58. The normalized spacial score (nSPS) is 17.1. The van der Waals surface area contributed by atoms with Crippen LogP contribution in [-0.4, -0.2) is 23.7 Å². The lowest BCUT2D eigenvalue weighted by Crippen LogP contribution is -2.35. The predicted octanol–water partition coefficient (Wildman–Crippen LogP) is 3.70. The Balaban J connectivity index is 2.15. The molecule has 126 valence electrons. The van der Waals surface area contributed by atoms with Gasteiger partial charge >= 0.3 is 5.70 Å². The third-order valence-corrected chi connectivity index (χ3v) is 4.10. The number of hydrogen-bond acceptors (Lipinski definition) is 4. The smallest absolute Gasteiger partial charge is 0.338 e. The lowest BCUT2D eigenvalue weighted by Gasteiger charge is -2.26. The number of allylic oxidation sites excluding steroid dienone is 1. The van der Waals surface area contributed by atoms with Gasteiger partial charge in [-0.1, -0.05) is 25.1 Å². The number of benzene rings is 2. The van der Waals surface area contributed by atoms with E-state index < -0.39 is 6.10 Å². The Morgan fingerprint density at radius 2 is 1.80 bits per heavy atom. The Morgan fingerprint density at radius 1 is 1.12 bits per heavy atom. The van der Waals surface area contributed by atoms with E-state index in [1.54, 1.807) is 31.4 Å². The van der Waals surface area contributed by atoms with Gasteiger partial charge in [0, 0.05) is 11.1 Å². The summed E-state index contributed by atoms with van der Waals surface area (Å²) in [7, 11) is 1.58. The van der Waals surface area contributed by atoms with Gasteiger partial charge in [0.1, 0.15) is 5.75 Å². The van der Waals surface area contributed by atoms with Crippen LogP contribution in [0.15, 0.2) is 60.3 Å². The van der Waals surface area contributed by atoms with E-state index in [1.807, 2.05) is 43.3 Å². The summed E-state index contributed by atoms with van der Waals surface area (Å²) >= 11 is 0. The fraction of sp³-hybridized carbons (Fsp3) is 0.200. The molecular weight excluding hydrogens is 316 g/mol. The van der Waals surface area contributed by atoms with Crippen molar-refractivity contribution in [2.75, 3.05) is 7.11 Å². The molecule has 0 aromatic heterocycles. The summed E-state index contributed by atoms with van der Waals surface area (Å²) in [5, 5.41) is 22.5. The first-order valence-electron chi connectivity index (χ1n) is 8.04. The summed E-state index contributed by atoms with van der Waals surface area (Å²) in [4.78, 5) is 0. The van der Waals surface area contributed by atoms with Crippen LogP contribution < -0.4 is 4.74 Å². The summed E-state index contributed by atoms with van der Waals surface area (Å²) in [5.74, 6) is 0.993. The largest absolute Gasteiger partial charge is 0.617 e. The molecule has 25 heavy (non-hydrogen) atoms. The van der Waals surface area contributed by atoms with Gasteiger partial charge in [-0.15, -0.1) is 0 Å². The molecule has 2 aromatic carbocycles. The van der Waals surface area contributed by atoms with Crippen LogP contribution in [0.1, 0.15) is 24.5 Å². The van der Waals surface area contributed by atoms with Gasteiger partial charge in [0.05, 0.1) is 7.11 Å². The number of nitriles is 1. The minimum absolute atomic E-state index is 0.0475. The zero-order valence-electron chi connectivity index (χ0n) is 14.1. The summed E-state index contributed by atoms with van der Waals surface area (Å²) < 4.78 is 11.9.